The third kappa shape index (κ3) is 5.47. The second kappa shape index (κ2) is 10.1. The minimum absolute atomic E-state index is 0.186. The Morgan fingerprint density at radius 1 is 1.12 bits per heavy atom. The SMILES string of the molecule is Cc1cc(CSc2ccccc2C(=O)Nc2ccc(C)c(S(=O)(=O)N3CCOCC3)c2)no1. The van der Waals surface area contributed by atoms with Crippen molar-refractivity contribution >= 4 is 33.4 Å². The first kappa shape index (κ1) is 23.5. The van der Waals surface area contributed by atoms with Crippen molar-refractivity contribution in [2.75, 3.05) is 31.6 Å². The summed E-state index contributed by atoms with van der Waals surface area (Å²) in [6.45, 7) is 4.95. The highest BCUT2D eigenvalue weighted by Crippen LogP contribution is 2.28. The van der Waals surface area contributed by atoms with Gasteiger partial charge in [-0.25, -0.2) is 8.42 Å². The van der Waals surface area contributed by atoms with E-state index in [4.69, 9.17) is 9.26 Å². The summed E-state index contributed by atoms with van der Waals surface area (Å²) in [4.78, 5) is 14.0. The molecule has 1 saturated heterocycles. The van der Waals surface area contributed by atoms with Crippen molar-refractivity contribution in [1.82, 2.24) is 9.46 Å². The van der Waals surface area contributed by atoms with E-state index in [9.17, 15) is 13.2 Å². The Morgan fingerprint density at radius 3 is 2.61 bits per heavy atom. The fourth-order valence-corrected chi connectivity index (χ4v) is 6.09. The lowest BCUT2D eigenvalue weighted by Crippen LogP contribution is -2.40. The van der Waals surface area contributed by atoms with Gasteiger partial charge in [-0.2, -0.15) is 4.31 Å². The number of carbonyl (C=O) groups excluding carboxylic acids is 1. The molecular weight excluding hydrogens is 462 g/mol. The summed E-state index contributed by atoms with van der Waals surface area (Å²) in [5.74, 6) is 0.987. The minimum atomic E-state index is -3.68. The molecule has 2 aromatic carbocycles. The fourth-order valence-electron chi connectivity index (χ4n) is 3.50. The van der Waals surface area contributed by atoms with E-state index in [0.29, 0.717) is 48.9 Å². The van der Waals surface area contributed by atoms with E-state index < -0.39 is 10.0 Å². The van der Waals surface area contributed by atoms with E-state index in [0.717, 1.165) is 16.3 Å². The molecule has 0 atom stereocenters. The number of carbonyl (C=O) groups is 1. The van der Waals surface area contributed by atoms with Crippen LogP contribution in [0.4, 0.5) is 5.69 Å². The van der Waals surface area contributed by atoms with Gasteiger partial charge in [-0.3, -0.25) is 4.79 Å². The number of rotatable bonds is 7. The van der Waals surface area contributed by atoms with Crippen LogP contribution in [0.3, 0.4) is 0 Å². The molecule has 4 rings (SSSR count). The summed E-state index contributed by atoms with van der Waals surface area (Å²) in [6, 6.07) is 14.1. The number of amides is 1. The first-order valence-electron chi connectivity index (χ1n) is 10.5. The lowest BCUT2D eigenvalue weighted by Gasteiger charge is -2.26. The monoisotopic (exact) mass is 487 g/mol. The van der Waals surface area contributed by atoms with Gasteiger partial charge in [-0.15, -0.1) is 11.8 Å². The molecule has 0 bridgehead atoms. The van der Waals surface area contributed by atoms with E-state index >= 15 is 0 Å². The molecule has 3 aromatic rings. The predicted molar refractivity (Wildman–Crippen MR) is 126 cm³/mol. The van der Waals surface area contributed by atoms with Crippen LogP contribution >= 0.6 is 11.8 Å². The highest BCUT2D eigenvalue weighted by Gasteiger charge is 2.28. The Morgan fingerprint density at radius 2 is 1.88 bits per heavy atom. The van der Waals surface area contributed by atoms with Gasteiger partial charge in [0.15, 0.2) is 0 Å². The molecule has 1 fully saturated rings. The number of ether oxygens (including phenoxy) is 1. The van der Waals surface area contributed by atoms with Gasteiger partial charge in [0.2, 0.25) is 10.0 Å². The third-order valence-electron chi connectivity index (χ3n) is 5.22. The number of aromatic nitrogens is 1. The van der Waals surface area contributed by atoms with Gasteiger partial charge in [0.1, 0.15) is 5.76 Å². The molecule has 1 aromatic heterocycles. The van der Waals surface area contributed by atoms with Gasteiger partial charge in [0, 0.05) is 35.5 Å². The normalized spacial score (nSPS) is 14.8. The molecular formula is C23H25N3O5S2. The first-order chi connectivity index (χ1) is 15.8. The molecule has 174 valence electrons. The van der Waals surface area contributed by atoms with Crippen LogP contribution in [0, 0.1) is 13.8 Å². The second-order valence-corrected chi connectivity index (χ2v) is 10.6. The largest absolute Gasteiger partial charge is 0.379 e. The molecule has 1 amide bonds. The van der Waals surface area contributed by atoms with Crippen LogP contribution in [0.5, 0.6) is 0 Å². The quantitative estimate of drug-likeness (QED) is 0.505. The molecule has 0 saturated carbocycles. The van der Waals surface area contributed by atoms with Gasteiger partial charge >= 0.3 is 0 Å². The summed E-state index contributed by atoms with van der Waals surface area (Å²) >= 11 is 1.48. The highest BCUT2D eigenvalue weighted by atomic mass is 32.2. The number of nitrogens with zero attached hydrogens (tertiary/aromatic N) is 2. The fraction of sp³-hybridized carbons (Fsp3) is 0.304. The number of anilines is 1. The number of hydrogen-bond acceptors (Lipinski definition) is 7. The average Bonchev–Trinajstić information content (AvgIpc) is 3.24. The summed E-state index contributed by atoms with van der Waals surface area (Å²) in [6.07, 6.45) is 0. The number of benzene rings is 2. The van der Waals surface area contributed by atoms with Crippen molar-refractivity contribution in [3.8, 4) is 0 Å². The zero-order valence-corrected chi connectivity index (χ0v) is 20.0. The van der Waals surface area contributed by atoms with Crippen LogP contribution in [0.1, 0.15) is 27.4 Å². The van der Waals surface area contributed by atoms with Gasteiger partial charge in [0.05, 0.1) is 29.4 Å². The summed E-state index contributed by atoms with van der Waals surface area (Å²) in [7, 11) is -3.68. The lowest BCUT2D eigenvalue weighted by molar-refractivity contribution is 0.0730. The minimum Gasteiger partial charge on any atom is -0.379 e. The van der Waals surface area contributed by atoms with Gasteiger partial charge in [0.25, 0.3) is 5.91 Å². The van der Waals surface area contributed by atoms with Crippen molar-refractivity contribution < 1.29 is 22.5 Å². The third-order valence-corrected chi connectivity index (χ3v) is 8.37. The second-order valence-electron chi connectivity index (χ2n) is 7.66. The van der Waals surface area contributed by atoms with Gasteiger partial charge in [-0.1, -0.05) is 23.4 Å². The lowest BCUT2D eigenvalue weighted by atomic mass is 10.2. The van der Waals surface area contributed by atoms with Crippen LogP contribution in [0.25, 0.3) is 0 Å². The number of nitrogens with one attached hydrogen (secondary N) is 1. The average molecular weight is 488 g/mol. The van der Waals surface area contributed by atoms with Crippen molar-refractivity contribution in [2.45, 2.75) is 29.4 Å². The molecule has 2 heterocycles. The Kier molecular flexibility index (Phi) is 7.18. The number of thioether (sulfide) groups is 1. The summed E-state index contributed by atoms with van der Waals surface area (Å²) < 4.78 is 38.1. The molecule has 1 aliphatic rings. The Balaban J connectivity index is 1.53. The molecule has 0 radical (unpaired) electrons. The van der Waals surface area contributed by atoms with Crippen molar-refractivity contribution in [3.05, 3.63) is 71.1 Å². The number of sulfonamides is 1. The molecule has 33 heavy (non-hydrogen) atoms. The number of morpholine rings is 1. The zero-order chi connectivity index (χ0) is 23.4. The van der Waals surface area contributed by atoms with Crippen LogP contribution in [0.2, 0.25) is 0 Å². The number of hydrogen-bond donors (Lipinski definition) is 1. The van der Waals surface area contributed by atoms with Crippen molar-refractivity contribution in [1.29, 1.82) is 0 Å². The summed E-state index contributed by atoms with van der Waals surface area (Å²) in [5, 5.41) is 6.84. The van der Waals surface area contributed by atoms with Gasteiger partial charge in [-0.05, 0) is 43.7 Å². The topological polar surface area (TPSA) is 102 Å². The van der Waals surface area contributed by atoms with Crippen molar-refractivity contribution in [2.24, 2.45) is 0 Å². The van der Waals surface area contributed by atoms with Crippen LogP contribution in [0.15, 0.2) is 62.8 Å². The van der Waals surface area contributed by atoms with E-state index in [2.05, 4.69) is 10.5 Å². The maximum atomic E-state index is 13.1. The van der Waals surface area contributed by atoms with E-state index in [1.165, 1.54) is 22.1 Å². The number of aryl methyl sites for hydroxylation is 2. The summed E-state index contributed by atoms with van der Waals surface area (Å²) in [5.41, 5.74) is 2.34. The molecule has 0 aliphatic carbocycles. The Labute approximate surface area is 197 Å². The zero-order valence-electron chi connectivity index (χ0n) is 18.4. The molecule has 0 unspecified atom stereocenters. The smallest absolute Gasteiger partial charge is 0.256 e. The van der Waals surface area contributed by atoms with Crippen LogP contribution in [-0.2, 0) is 20.5 Å². The van der Waals surface area contributed by atoms with Crippen LogP contribution < -0.4 is 5.32 Å². The van der Waals surface area contributed by atoms with E-state index in [1.807, 2.05) is 25.1 Å². The van der Waals surface area contributed by atoms with E-state index in [1.54, 1.807) is 31.2 Å². The molecule has 0 spiro atoms. The van der Waals surface area contributed by atoms with Crippen LogP contribution in [-0.4, -0.2) is 50.1 Å². The Bertz CT molecular complexity index is 1250. The highest BCUT2D eigenvalue weighted by molar-refractivity contribution is 7.98. The molecule has 8 nitrogen and oxygen atoms in total. The standard InChI is InChI=1S/C23H25N3O5S2/c1-16-7-8-18(14-22(16)33(28,29)26-9-11-30-12-10-26)24-23(27)20-5-3-4-6-21(20)32-15-19-13-17(2)31-25-19/h3-8,13-14H,9-12,15H2,1-2H3,(H,24,27). The van der Waals surface area contributed by atoms with E-state index in [-0.39, 0.29) is 10.8 Å². The van der Waals surface area contributed by atoms with Crippen molar-refractivity contribution in [3.63, 3.8) is 0 Å². The molecule has 10 heteroatoms. The molecule has 1 aliphatic heterocycles. The Hall–Kier alpha value is -2.66. The van der Waals surface area contributed by atoms with Gasteiger partial charge < -0.3 is 14.6 Å². The first-order valence-corrected chi connectivity index (χ1v) is 12.9. The maximum Gasteiger partial charge on any atom is 0.256 e. The predicted octanol–water partition coefficient (Wildman–Crippen LogP) is 3.86. The molecule has 1 N–H and O–H groups in total. The maximum absolute atomic E-state index is 13.1.